The zero-order chi connectivity index (χ0) is 22.2. The van der Waals surface area contributed by atoms with Gasteiger partial charge in [0.05, 0.1) is 6.42 Å². The monoisotopic (exact) mass is 449 g/mol. The van der Waals surface area contributed by atoms with Crippen molar-refractivity contribution < 1.29 is 13.2 Å². The van der Waals surface area contributed by atoms with Crippen LogP contribution in [0.1, 0.15) is 75.4 Å². The van der Waals surface area contributed by atoms with E-state index in [0.717, 1.165) is 23.6 Å². The van der Waals surface area contributed by atoms with E-state index in [2.05, 4.69) is 0 Å². The molecule has 3 aliphatic rings. The van der Waals surface area contributed by atoms with Crippen molar-refractivity contribution in [2.45, 2.75) is 71.6 Å². The molecule has 0 radical (unpaired) electrons. The van der Waals surface area contributed by atoms with E-state index in [1.54, 1.807) is 4.31 Å². The molecule has 3 heterocycles. The van der Waals surface area contributed by atoms with Crippen molar-refractivity contribution >= 4 is 21.9 Å². The first kappa shape index (κ1) is 22.6. The SMILES string of the molecule is CCN(CC)S(=O)(=O)N1CCC(c2nc(C)c3c(n2)N(CC2CCCCC2)C(=O)C3)C1. The first-order valence-electron chi connectivity index (χ1n) is 11.8. The second-order valence-corrected chi connectivity index (χ2v) is 11.0. The van der Waals surface area contributed by atoms with Crippen molar-refractivity contribution in [2.24, 2.45) is 5.92 Å². The van der Waals surface area contributed by atoms with Crippen LogP contribution in [0, 0.1) is 12.8 Å². The zero-order valence-electron chi connectivity index (χ0n) is 19.0. The van der Waals surface area contributed by atoms with E-state index >= 15 is 0 Å². The van der Waals surface area contributed by atoms with E-state index in [0.29, 0.717) is 50.8 Å². The second kappa shape index (κ2) is 9.11. The van der Waals surface area contributed by atoms with E-state index < -0.39 is 10.2 Å². The van der Waals surface area contributed by atoms with Crippen LogP contribution in [0.3, 0.4) is 0 Å². The Kier molecular flexibility index (Phi) is 6.65. The highest BCUT2D eigenvalue weighted by Gasteiger charge is 2.38. The van der Waals surface area contributed by atoms with Crippen LogP contribution in [0.4, 0.5) is 5.82 Å². The molecule has 2 fully saturated rings. The Balaban J connectivity index is 1.55. The minimum absolute atomic E-state index is 0.0402. The van der Waals surface area contributed by atoms with Crippen LogP contribution in [-0.2, 0) is 21.4 Å². The van der Waals surface area contributed by atoms with Crippen LogP contribution in [-0.4, -0.2) is 65.6 Å². The van der Waals surface area contributed by atoms with Gasteiger partial charge in [-0.05, 0) is 32.1 Å². The van der Waals surface area contributed by atoms with Gasteiger partial charge in [-0.2, -0.15) is 17.0 Å². The van der Waals surface area contributed by atoms with Crippen LogP contribution in [0.5, 0.6) is 0 Å². The number of hydrogen-bond donors (Lipinski definition) is 0. The van der Waals surface area contributed by atoms with Crippen molar-refractivity contribution in [1.82, 2.24) is 18.6 Å². The van der Waals surface area contributed by atoms with Crippen LogP contribution >= 0.6 is 0 Å². The van der Waals surface area contributed by atoms with Crippen molar-refractivity contribution in [3.05, 3.63) is 17.1 Å². The van der Waals surface area contributed by atoms with Crippen LogP contribution in [0.25, 0.3) is 0 Å². The van der Waals surface area contributed by atoms with Gasteiger partial charge >= 0.3 is 0 Å². The quantitative estimate of drug-likeness (QED) is 0.639. The molecule has 1 aliphatic carbocycles. The van der Waals surface area contributed by atoms with Crippen molar-refractivity contribution in [1.29, 1.82) is 0 Å². The van der Waals surface area contributed by atoms with Crippen molar-refractivity contribution in [3.8, 4) is 0 Å². The minimum atomic E-state index is -3.46. The number of rotatable bonds is 7. The first-order valence-corrected chi connectivity index (χ1v) is 13.2. The lowest BCUT2D eigenvalue weighted by Crippen LogP contribution is -2.42. The average Bonchev–Trinajstić information content (AvgIpc) is 3.36. The molecule has 9 heteroatoms. The smallest absolute Gasteiger partial charge is 0.281 e. The number of aryl methyl sites for hydroxylation is 1. The summed E-state index contributed by atoms with van der Waals surface area (Å²) in [6, 6.07) is 0. The molecule has 0 spiro atoms. The van der Waals surface area contributed by atoms with E-state index in [9.17, 15) is 13.2 Å². The molecule has 172 valence electrons. The van der Waals surface area contributed by atoms with Gasteiger partial charge in [0, 0.05) is 49.9 Å². The summed E-state index contributed by atoms with van der Waals surface area (Å²) in [4.78, 5) is 24.2. The maximum atomic E-state index is 12.9. The third-order valence-electron chi connectivity index (χ3n) is 7.13. The minimum Gasteiger partial charge on any atom is -0.296 e. The topological polar surface area (TPSA) is 86.7 Å². The maximum Gasteiger partial charge on any atom is 0.281 e. The average molecular weight is 450 g/mol. The first-order chi connectivity index (χ1) is 14.8. The molecule has 8 nitrogen and oxygen atoms in total. The normalized spacial score (nSPS) is 23.2. The molecule has 0 N–H and O–H groups in total. The lowest BCUT2D eigenvalue weighted by atomic mass is 9.89. The molecule has 0 aromatic carbocycles. The molecule has 1 unspecified atom stereocenters. The summed E-state index contributed by atoms with van der Waals surface area (Å²) in [5, 5.41) is 0. The molecule has 1 aromatic rings. The number of aromatic nitrogens is 2. The highest BCUT2D eigenvalue weighted by molar-refractivity contribution is 7.86. The van der Waals surface area contributed by atoms with E-state index in [1.807, 2.05) is 25.7 Å². The van der Waals surface area contributed by atoms with Crippen molar-refractivity contribution in [3.63, 3.8) is 0 Å². The predicted molar refractivity (Wildman–Crippen MR) is 120 cm³/mol. The van der Waals surface area contributed by atoms with Gasteiger partial charge in [-0.1, -0.05) is 33.1 Å². The number of carbonyl (C=O) groups is 1. The Morgan fingerprint density at radius 3 is 2.45 bits per heavy atom. The fourth-order valence-electron chi connectivity index (χ4n) is 5.26. The number of hydrogen-bond acceptors (Lipinski definition) is 5. The Morgan fingerprint density at radius 1 is 1.06 bits per heavy atom. The van der Waals surface area contributed by atoms with Gasteiger partial charge in [-0.15, -0.1) is 0 Å². The number of anilines is 1. The Morgan fingerprint density at radius 2 is 1.77 bits per heavy atom. The molecular formula is C22H35N5O3S. The van der Waals surface area contributed by atoms with Gasteiger partial charge in [0.2, 0.25) is 5.91 Å². The maximum absolute atomic E-state index is 12.9. The van der Waals surface area contributed by atoms with Gasteiger partial charge < -0.3 is 0 Å². The van der Waals surface area contributed by atoms with Gasteiger partial charge in [-0.3, -0.25) is 9.69 Å². The van der Waals surface area contributed by atoms with E-state index in [1.165, 1.54) is 36.4 Å². The van der Waals surface area contributed by atoms with Gasteiger partial charge in [-0.25, -0.2) is 9.97 Å². The summed E-state index contributed by atoms with van der Waals surface area (Å²) < 4.78 is 28.9. The highest BCUT2D eigenvalue weighted by Crippen LogP contribution is 2.35. The lowest BCUT2D eigenvalue weighted by molar-refractivity contribution is -0.117. The van der Waals surface area contributed by atoms with E-state index in [4.69, 9.17) is 9.97 Å². The number of carbonyl (C=O) groups excluding carboxylic acids is 1. The third-order valence-corrected chi connectivity index (χ3v) is 9.29. The molecule has 31 heavy (non-hydrogen) atoms. The summed E-state index contributed by atoms with van der Waals surface area (Å²) in [5.41, 5.74) is 1.79. The summed E-state index contributed by atoms with van der Waals surface area (Å²) in [7, 11) is -3.46. The summed E-state index contributed by atoms with van der Waals surface area (Å²) in [6.07, 6.45) is 7.21. The van der Waals surface area contributed by atoms with Gasteiger partial charge in [0.15, 0.2) is 0 Å². The fraction of sp³-hybridized carbons (Fsp3) is 0.773. The summed E-state index contributed by atoms with van der Waals surface area (Å²) in [6.45, 7) is 8.22. The summed E-state index contributed by atoms with van der Waals surface area (Å²) >= 11 is 0. The standard InChI is InChI=1S/C22H35N5O3S/c1-4-25(5-2)31(29,30)26-12-11-18(15-26)21-23-16(3)19-13-20(28)27(22(19)24-21)14-17-9-7-6-8-10-17/h17-18H,4-15H2,1-3H3. The molecule has 1 atom stereocenters. The number of fused-ring (bicyclic) bond motifs is 1. The zero-order valence-corrected chi connectivity index (χ0v) is 19.8. The molecule has 1 aromatic heterocycles. The molecule has 1 amide bonds. The number of nitrogens with zero attached hydrogens (tertiary/aromatic N) is 5. The molecule has 1 saturated carbocycles. The van der Waals surface area contributed by atoms with Crippen LogP contribution in [0.2, 0.25) is 0 Å². The van der Waals surface area contributed by atoms with Gasteiger partial charge in [0.1, 0.15) is 11.6 Å². The Hall–Kier alpha value is -1.58. The molecule has 4 rings (SSSR count). The largest absolute Gasteiger partial charge is 0.296 e. The predicted octanol–water partition coefficient (Wildman–Crippen LogP) is 2.63. The molecule has 0 bridgehead atoms. The molecule has 1 saturated heterocycles. The van der Waals surface area contributed by atoms with Crippen LogP contribution in [0.15, 0.2) is 0 Å². The van der Waals surface area contributed by atoms with Gasteiger partial charge in [0.25, 0.3) is 10.2 Å². The second-order valence-electron chi connectivity index (χ2n) is 9.09. The Labute approximate surface area is 186 Å². The molecular weight excluding hydrogens is 414 g/mol. The third kappa shape index (κ3) is 4.36. The molecule has 2 aliphatic heterocycles. The van der Waals surface area contributed by atoms with Crippen LogP contribution < -0.4 is 4.90 Å². The highest BCUT2D eigenvalue weighted by atomic mass is 32.2. The fourth-order valence-corrected chi connectivity index (χ4v) is 6.94. The summed E-state index contributed by atoms with van der Waals surface area (Å²) in [5.74, 6) is 2.07. The van der Waals surface area contributed by atoms with Crippen molar-refractivity contribution in [2.75, 3.05) is 37.6 Å². The van der Waals surface area contributed by atoms with E-state index in [-0.39, 0.29) is 11.8 Å². The Bertz CT molecular complexity index is 925. The lowest BCUT2D eigenvalue weighted by Gasteiger charge is -2.27. The number of amides is 1.